The molecule has 4 nitrogen and oxygen atoms in total. The first-order valence-electron chi connectivity index (χ1n) is 7.60. The molecule has 0 bridgehead atoms. The normalized spacial score (nSPS) is 15.7. The monoisotopic (exact) mass is 293 g/mol. The van der Waals surface area contributed by atoms with Gasteiger partial charge < -0.3 is 9.84 Å². The van der Waals surface area contributed by atoms with Gasteiger partial charge in [-0.25, -0.2) is 4.79 Å². The Labute approximate surface area is 127 Å². The van der Waals surface area contributed by atoms with E-state index in [0.29, 0.717) is 13.0 Å². The highest BCUT2D eigenvalue weighted by molar-refractivity contribution is 5.80. The van der Waals surface area contributed by atoms with Gasteiger partial charge in [0.25, 0.3) is 0 Å². The van der Waals surface area contributed by atoms with Crippen molar-refractivity contribution < 1.29 is 14.6 Å². The molecule has 118 valence electrons. The Morgan fingerprint density at radius 3 is 2.38 bits per heavy atom. The molecule has 0 fully saturated rings. The number of benzene rings is 1. The molecule has 0 heterocycles. The van der Waals surface area contributed by atoms with Gasteiger partial charge in [0.1, 0.15) is 5.54 Å². The lowest BCUT2D eigenvalue weighted by Gasteiger charge is -2.33. The van der Waals surface area contributed by atoms with E-state index in [-0.39, 0.29) is 12.1 Å². The van der Waals surface area contributed by atoms with E-state index in [1.807, 2.05) is 51.1 Å². The van der Waals surface area contributed by atoms with Crippen LogP contribution in [0.1, 0.15) is 46.1 Å². The van der Waals surface area contributed by atoms with Crippen LogP contribution in [0.5, 0.6) is 0 Å². The zero-order valence-electron chi connectivity index (χ0n) is 13.4. The maximum absolute atomic E-state index is 12.0. The summed E-state index contributed by atoms with van der Waals surface area (Å²) in [6.45, 7) is 8.38. The Morgan fingerprint density at radius 2 is 1.90 bits per heavy atom. The summed E-state index contributed by atoms with van der Waals surface area (Å²) in [4.78, 5) is 12.0. The van der Waals surface area contributed by atoms with Crippen LogP contribution in [0.4, 0.5) is 0 Å². The molecule has 0 saturated carbocycles. The maximum atomic E-state index is 12.0. The molecule has 0 aliphatic rings. The third kappa shape index (κ3) is 4.83. The molecule has 2 atom stereocenters. The fourth-order valence-corrected chi connectivity index (χ4v) is 2.34. The van der Waals surface area contributed by atoms with Crippen molar-refractivity contribution in [1.82, 2.24) is 5.32 Å². The number of carboxylic acid groups (broad SMARTS) is 1. The van der Waals surface area contributed by atoms with Gasteiger partial charge in [-0.15, -0.1) is 0 Å². The molecule has 0 aromatic heterocycles. The molecule has 1 aromatic carbocycles. The second-order valence-corrected chi connectivity index (χ2v) is 5.72. The van der Waals surface area contributed by atoms with Gasteiger partial charge in [-0.1, -0.05) is 37.3 Å². The van der Waals surface area contributed by atoms with Crippen molar-refractivity contribution in [2.45, 2.75) is 58.2 Å². The van der Waals surface area contributed by atoms with Crippen LogP contribution in [0.15, 0.2) is 30.3 Å². The lowest BCUT2D eigenvalue weighted by molar-refractivity contribution is -0.147. The van der Waals surface area contributed by atoms with E-state index in [9.17, 15) is 9.90 Å². The second-order valence-electron chi connectivity index (χ2n) is 5.72. The van der Waals surface area contributed by atoms with E-state index in [0.717, 1.165) is 12.0 Å². The van der Waals surface area contributed by atoms with Gasteiger partial charge >= 0.3 is 5.97 Å². The van der Waals surface area contributed by atoms with Crippen LogP contribution in [0, 0.1) is 0 Å². The van der Waals surface area contributed by atoms with Crippen LogP contribution in [-0.4, -0.2) is 29.8 Å². The number of ether oxygens (including phenoxy) is 1. The van der Waals surface area contributed by atoms with Crippen molar-refractivity contribution in [3.63, 3.8) is 0 Å². The summed E-state index contributed by atoms with van der Waals surface area (Å²) >= 11 is 0. The summed E-state index contributed by atoms with van der Waals surface area (Å²) in [5, 5.41) is 13.1. The van der Waals surface area contributed by atoms with E-state index < -0.39 is 11.5 Å². The lowest BCUT2D eigenvalue weighted by Crippen LogP contribution is -2.52. The van der Waals surface area contributed by atoms with Crippen molar-refractivity contribution in [2.24, 2.45) is 0 Å². The second kappa shape index (κ2) is 8.15. The van der Waals surface area contributed by atoms with E-state index in [1.54, 1.807) is 0 Å². The van der Waals surface area contributed by atoms with Crippen molar-refractivity contribution in [3.05, 3.63) is 35.9 Å². The molecule has 0 radical (unpaired) electrons. The van der Waals surface area contributed by atoms with E-state index in [1.165, 1.54) is 0 Å². The molecule has 1 rings (SSSR count). The average Bonchev–Trinajstić information content (AvgIpc) is 2.46. The number of hydrogen-bond acceptors (Lipinski definition) is 3. The highest BCUT2D eigenvalue weighted by Gasteiger charge is 2.40. The molecule has 0 amide bonds. The highest BCUT2D eigenvalue weighted by atomic mass is 16.5. The summed E-state index contributed by atoms with van der Waals surface area (Å²) < 4.78 is 5.70. The molecule has 1 aromatic rings. The largest absolute Gasteiger partial charge is 0.480 e. The summed E-state index contributed by atoms with van der Waals surface area (Å²) in [7, 11) is 0. The molecule has 0 spiro atoms. The fraction of sp³-hybridized carbons (Fsp3) is 0.588. The fourth-order valence-electron chi connectivity index (χ4n) is 2.34. The van der Waals surface area contributed by atoms with Crippen LogP contribution >= 0.6 is 0 Å². The smallest absolute Gasteiger partial charge is 0.328 e. The SMILES string of the molecule is CCC(C)OCCC(NC(C)C)(C(=O)O)c1ccccc1. The van der Waals surface area contributed by atoms with Gasteiger partial charge in [0.05, 0.1) is 6.10 Å². The predicted molar refractivity (Wildman–Crippen MR) is 84.3 cm³/mol. The Hall–Kier alpha value is -1.39. The van der Waals surface area contributed by atoms with E-state index in [2.05, 4.69) is 12.2 Å². The number of aliphatic carboxylic acids is 1. The number of carboxylic acids is 1. The van der Waals surface area contributed by atoms with Gasteiger partial charge in [-0.05, 0) is 32.8 Å². The van der Waals surface area contributed by atoms with Crippen LogP contribution in [-0.2, 0) is 15.1 Å². The minimum atomic E-state index is -1.11. The van der Waals surface area contributed by atoms with Gasteiger partial charge in [0.2, 0.25) is 0 Å². The van der Waals surface area contributed by atoms with Gasteiger partial charge in [0.15, 0.2) is 0 Å². The lowest BCUT2D eigenvalue weighted by atomic mass is 9.86. The van der Waals surface area contributed by atoms with E-state index in [4.69, 9.17) is 4.74 Å². The zero-order valence-corrected chi connectivity index (χ0v) is 13.4. The molecule has 2 unspecified atom stereocenters. The Kier molecular flexibility index (Phi) is 6.85. The molecular weight excluding hydrogens is 266 g/mol. The number of nitrogens with one attached hydrogen (secondary N) is 1. The summed E-state index contributed by atoms with van der Waals surface area (Å²) in [5.74, 6) is -0.866. The van der Waals surface area contributed by atoms with Gasteiger partial charge in [-0.2, -0.15) is 0 Å². The van der Waals surface area contributed by atoms with Crippen molar-refractivity contribution in [3.8, 4) is 0 Å². The zero-order chi connectivity index (χ0) is 15.9. The van der Waals surface area contributed by atoms with Gasteiger partial charge in [0, 0.05) is 19.1 Å². The van der Waals surface area contributed by atoms with Crippen LogP contribution in [0.3, 0.4) is 0 Å². The average molecular weight is 293 g/mol. The molecular formula is C17H27NO3. The minimum absolute atomic E-state index is 0.0601. The molecule has 0 saturated heterocycles. The quantitative estimate of drug-likeness (QED) is 0.734. The van der Waals surface area contributed by atoms with Crippen LogP contribution in [0.25, 0.3) is 0 Å². The maximum Gasteiger partial charge on any atom is 0.328 e. The Balaban J connectivity index is 2.99. The number of rotatable bonds is 9. The molecule has 0 aliphatic heterocycles. The first-order chi connectivity index (χ1) is 9.92. The van der Waals surface area contributed by atoms with Crippen molar-refractivity contribution in [2.75, 3.05) is 6.61 Å². The summed E-state index contributed by atoms with van der Waals surface area (Å²) in [6, 6.07) is 9.39. The van der Waals surface area contributed by atoms with Crippen LogP contribution < -0.4 is 5.32 Å². The highest BCUT2D eigenvalue weighted by Crippen LogP contribution is 2.27. The minimum Gasteiger partial charge on any atom is -0.480 e. The third-order valence-electron chi connectivity index (χ3n) is 3.62. The van der Waals surface area contributed by atoms with Crippen molar-refractivity contribution >= 4 is 5.97 Å². The van der Waals surface area contributed by atoms with Crippen molar-refractivity contribution in [1.29, 1.82) is 0 Å². The first-order valence-corrected chi connectivity index (χ1v) is 7.60. The standard InChI is InChI=1S/C17H27NO3/c1-5-14(4)21-12-11-17(16(19)20,18-13(2)3)15-9-7-6-8-10-15/h6-10,13-14,18H,5,11-12H2,1-4H3,(H,19,20). The molecule has 21 heavy (non-hydrogen) atoms. The predicted octanol–water partition coefficient (Wildman–Crippen LogP) is 3.17. The van der Waals surface area contributed by atoms with E-state index >= 15 is 0 Å². The topological polar surface area (TPSA) is 58.6 Å². The Bertz CT molecular complexity index is 433. The molecule has 4 heteroatoms. The molecule has 2 N–H and O–H groups in total. The first kappa shape index (κ1) is 17.7. The van der Waals surface area contributed by atoms with Crippen LogP contribution in [0.2, 0.25) is 0 Å². The molecule has 0 aliphatic carbocycles. The third-order valence-corrected chi connectivity index (χ3v) is 3.62. The summed E-state index contributed by atoms with van der Waals surface area (Å²) in [6.07, 6.45) is 1.46. The number of hydrogen-bond donors (Lipinski definition) is 2. The summed E-state index contributed by atoms with van der Waals surface area (Å²) in [5.41, 5.74) is -0.345. The van der Waals surface area contributed by atoms with Gasteiger partial charge in [-0.3, -0.25) is 5.32 Å². The number of carbonyl (C=O) groups is 1. The Morgan fingerprint density at radius 1 is 1.29 bits per heavy atom.